The molecule has 3 heteroatoms. The second kappa shape index (κ2) is 6.78. The number of aromatic nitrogens is 1. The maximum atomic E-state index is 10.3. The first-order chi connectivity index (χ1) is 9.91. The summed E-state index contributed by atoms with van der Waals surface area (Å²) in [5.41, 5.74) is 0.752. The largest absolute Gasteiger partial charge is 0.390 e. The topological polar surface area (TPSA) is 36.4 Å². The maximum absolute atomic E-state index is 10.3. The van der Waals surface area contributed by atoms with Gasteiger partial charge in [-0.15, -0.1) is 0 Å². The summed E-state index contributed by atoms with van der Waals surface area (Å²) in [6, 6.07) is 4.74. The molecule has 21 heavy (non-hydrogen) atoms. The van der Waals surface area contributed by atoms with E-state index in [-0.39, 0.29) is 5.41 Å². The first kappa shape index (κ1) is 18.0. The summed E-state index contributed by atoms with van der Waals surface area (Å²) in [4.78, 5) is 6.82. The van der Waals surface area contributed by atoms with E-state index in [4.69, 9.17) is 0 Å². The van der Waals surface area contributed by atoms with Crippen molar-refractivity contribution in [2.75, 3.05) is 11.4 Å². The summed E-state index contributed by atoms with van der Waals surface area (Å²) >= 11 is 0. The van der Waals surface area contributed by atoms with Crippen molar-refractivity contribution < 1.29 is 5.11 Å². The molecule has 3 heterocycles. The van der Waals surface area contributed by atoms with Gasteiger partial charge in [-0.25, -0.2) is 4.98 Å². The molecule has 0 radical (unpaired) electrons. The maximum Gasteiger partial charge on any atom is 0.128 e. The van der Waals surface area contributed by atoms with Gasteiger partial charge in [-0.3, -0.25) is 0 Å². The van der Waals surface area contributed by atoms with Crippen molar-refractivity contribution >= 4 is 5.82 Å². The Kier molecular flexibility index (Phi) is 5.80. The highest BCUT2D eigenvalue weighted by atomic mass is 16.3. The van der Waals surface area contributed by atoms with Gasteiger partial charge < -0.3 is 10.0 Å². The van der Waals surface area contributed by atoms with Crippen LogP contribution in [0.5, 0.6) is 0 Å². The highest BCUT2D eigenvalue weighted by molar-refractivity contribution is 5.47. The molecule has 3 nitrogen and oxygen atoms in total. The smallest absolute Gasteiger partial charge is 0.128 e. The molecular weight excluding hydrogens is 260 g/mol. The molecule has 1 saturated carbocycles. The van der Waals surface area contributed by atoms with E-state index in [1.165, 1.54) is 5.56 Å². The van der Waals surface area contributed by atoms with Crippen LogP contribution in [0.1, 0.15) is 59.9 Å². The summed E-state index contributed by atoms with van der Waals surface area (Å²) in [5.74, 6) is 1.07. The van der Waals surface area contributed by atoms with Crippen molar-refractivity contribution in [3.63, 3.8) is 0 Å². The Hall–Kier alpha value is -1.09. The lowest BCUT2D eigenvalue weighted by molar-refractivity contribution is -0.0754. The van der Waals surface area contributed by atoms with Crippen LogP contribution in [-0.2, 0) is 0 Å². The summed E-state index contributed by atoms with van der Waals surface area (Å²) < 4.78 is 0. The van der Waals surface area contributed by atoms with Crippen LogP contribution in [-0.4, -0.2) is 28.3 Å². The third-order valence-electron chi connectivity index (χ3n) is 4.66. The van der Waals surface area contributed by atoms with E-state index in [0.29, 0.717) is 6.04 Å². The Morgan fingerprint density at radius 3 is 2.24 bits per heavy atom. The van der Waals surface area contributed by atoms with Gasteiger partial charge in [0.15, 0.2) is 0 Å². The van der Waals surface area contributed by atoms with Crippen molar-refractivity contribution in [2.24, 2.45) is 5.41 Å². The lowest BCUT2D eigenvalue weighted by Crippen LogP contribution is -2.50. The quantitative estimate of drug-likeness (QED) is 0.888. The zero-order valence-electron chi connectivity index (χ0n) is 14.8. The summed E-state index contributed by atoms with van der Waals surface area (Å²) in [7, 11) is 0. The van der Waals surface area contributed by atoms with Crippen molar-refractivity contribution in [1.29, 1.82) is 0 Å². The third kappa shape index (κ3) is 3.23. The molecule has 1 aliphatic carbocycles. The number of pyridine rings is 1. The third-order valence-corrected chi connectivity index (χ3v) is 4.66. The lowest BCUT2D eigenvalue weighted by Gasteiger charge is -2.45. The van der Waals surface area contributed by atoms with Crippen LogP contribution >= 0.6 is 0 Å². The van der Waals surface area contributed by atoms with Crippen LogP contribution in [0.4, 0.5) is 5.82 Å². The Bertz CT molecular complexity index is 445. The Morgan fingerprint density at radius 2 is 1.81 bits per heavy atom. The van der Waals surface area contributed by atoms with Crippen LogP contribution in [0.2, 0.25) is 0 Å². The van der Waals surface area contributed by atoms with E-state index in [1.807, 2.05) is 53.8 Å². The highest BCUT2D eigenvalue weighted by Crippen LogP contribution is 2.58. The van der Waals surface area contributed by atoms with Gasteiger partial charge in [-0.2, -0.15) is 0 Å². The number of fused-ring (bicyclic) bond motifs is 1. The average molecular weight is 292 g/mol. The number of aliphatic hydroxyl groups is 1. The van der Waals surface area contributed by atoms with Gasteiger partial charge in [0.25, 0.3) is 0 Å². The summed E-state index contributed by atoms with van der Waals surface area (Å²) in [6.45, 7) is 14.9. The minimum Gasteiger partial charge on any atom is -0.390 e. The van der Waals surface area contributed by atoms with E-state index in [0.717, 1.165) is 25.2 Å². The van der Waals surface area contributed by atoms with Gasteiger partial charge in [-0.05, 0) is 51.3 Å². The van der Waals surface area contributed by atoms with Gasteiger partial charge >= 0.3 is 0 Å². The molecular formula is C18H32N2O. The van der Waals surface area contributed by atoms with Crippen LogP contribution in [0.25, 0.3) is 0 Å². The zero-order valence-corrected chi connectivity index (χ0v) is 14.8. The molecule has 1 N–H and O–H groups in total. The molecule has 2 bridgehead atoms. The first-order valence-electron chi connectivity index (χ1n) is 8.33. The molecule has 2 saturated heterocycles. The SMILES string of the molecule is CC.CC.Cc1ccnc(N2CC3(C(C)(C)O)CC2C3)c1. The van der Waals surface area contributed by atoms with Crippen LogP contribution in [0.3, 0.4) is 0 Å². The molecule has 1 aromatic heterocycles. The summed E-state index contributed by atoms with van der Waals surface area (Å²) in [6.07, 6.45) is 4.08. The minimum absolute atomic E-state index is 0.0864. The first-order valence-corrected chi connectivity index (χ1v) is 8.33. The second-order valence-electron chi connectivity index (χ2n) is 6.22. The number of aryl methyl sites for hydroxylation is 1. The molecule has 3 aliphatic rings. The van der Waals surface area contributed by atoms with Gasteiger partial charge in [0.2, 0.25) is 0 Å². The fourth-order valence-electron chi connectivity index (χ4n) is 3.29. The second-order valence-corrected chi connectivity index (χ2v) is 6.22. The molecule has 4 rings (SSSR count). The number of anilines is 1. The van der Waals surface area contributed by atoms with Crippen LogP contribution < -0.4 is 4.90 Å². The molecule has 0 unspecified atom stereocenters. The van der Waals surface area contributed by atoms with E-state index < -0.39 is 5.60 Å². The fourth-order valence-corrected chi connectivity index (χ4v) is 3.29. The standard InChI is InChI=1S/C14H20N2O.2C2H6/c1-10-4-5-15-12(6-10)16-9-14(13(2,3)17)7-11(16)8-14;2*1-2/h4-6,11,17H,7-9H2,1-3H3;2*1-2H3. The van der Waals surface area contributed by atoms with Gasteiger partial charge in [0.1, 0.15) is 5.82 Å². The van der Waals surface area contributed by atoms with E-state index in [9.17, 15) is 5.11 Å². The van der Waals surface area contributed by atoms with Crippen LogP contribution in [0.15, 0.2) is 18.3 Å². The fraction of sp³-hybridized carbons (Fsp3) is 0.722. The van der Waals surface area contributed by atoms with E-state index in [1.54, 1.807) is 0 Å². The molecule has 0 spiro atoms. The lowest BCUT2D eigenvalue weighted by atomic mass is 9.61. The van der Waals surface area contributed by atoms with Crippen molar-refractivity contribution in [1.82, 2.24) is 4.98 Å². The highest BCUT2D eigenvalue weighted by Gasteiger charge is 2.61. The van der Waals surface area contributed by atoms with E-state index >= 15 is 0 Å². The van der Waals surface area contributed by atoms with Crippen LogP contribution in [0, 0.1) is 12.3 Å². The molecule has 0 atom stereocenters. The Balaban J connectivity index is 0.000000510. The number of nitrogens with zero attached hydrogens (tertiary/aromatic N) is 2. The number of rotatable bonds is 2. The number of hydrogen-bond acceptors (Lipinski definition) is 3. The number of hydrogen-bond donors (Lipinski definition) is 1. The Labute approximate surface area is 130 Å². The molecule has 120 valence electrons. The average Bonchev–Trinajstić information content (AvgIpc) is 2.99. The predicted molar refractivity (Wildman–Crippen MR) is 90.8 cm³/mol. The Morgan fingerprint density at radius 1 is 1.24 bits per heavy atom. The monoisotopic (exact) mass is 292 g/mol. The van der Waals surface area contributed by atoms with Crippen molar-refractivity contribution in [2.45, 2.75) is 73.0 Å². The summed E-state index contributed by atoms with van der Waals surface area (Å²) in [5, 5.41) is 10.3. The molecule has 3 fully saturated rings. The van der Waals surface area contributed by atoms with Crippen molar-refractivity contribution in [3.05, 3.63) is 23.9 Å². The van der Waals surface area contributed by atoms with Gasteiger partial charge in [0.05, 0.1) is 5.60 Å². The van der Waals surface area contributed by atoms with Crippen molar-refractivity contribution in [3.8, 4) is 0 Å². The zero-order chi connectivity index (χ0) is 16.3. The van der Waals surface area contributed by atoms with Gasteiger partial charge in [0, 0.05) is 24.2 Å². The molecule has 0 aromatic carbocycles. The predicted octanol–water partition coefficient (Wildman–Crippen LogP) is 4.18. The minimum atomic E-state index is -0.581. The normalized spacial score (nSPS) is 26.1. The molecule has 2 aliphatic heterocycles. The van der Waals surface area contributed by atoms with E-state index in [2.05, 4.69) is 22.9 Å². The molecule has 0 amide bonds. The molecule has 1 aromatic rings. The van der Waals surface area contributed by atoms with Gasteiger partial charge in [-0.1, -0.05) is 27.7 Å².